The van der Waals surface area contributed by atoms with Gasteiger partial charge in [0.1, 0.15) is 0 Å². The maximum Gasteiger partial charge on any atom is 0.338 e. The molecule has 1 aromatic rings. The first kappa shape index (κ1) is 14.0. The van der Waals surface area contributed by atoms with Crippen LogP contribution in [0.2, 0.25) is 0 Å². The second kappa shape index (κ2) is 5.50. The number of halogens is 2. The Morgan fingerprint density at radius 2 is 2.00 bits per heavy atom. The monoisotopic (exact) mass is 253 g/mol. The molecule has 96 valence electrons. The average Bonchev–Trinajstić information content (AvgIpc) is 2.30. The van der Waals surface area contributed by atoms with Gasteiger partial charge < -0.3 is 10.4 Å². The molecule has 0 spiro atoms. The van der Waals surface area contributed by atoms with E-state index in [0.29, 0.717) is 0 Å². The summed E-state index contributed by atoms with van der Waals surface area (Å²) in [6, 6.07) is 1.69. The van der Waals surface area contributed by atoms with Crippen LogP contribution in [0.3, 0.4) is 0 Å². The van der Waals surface area contributed by atoms with Gasteiger partial charge in [0.15, 0.2) is 11.6 Å². The van der Waals surface area contributed by atoms with E-state index in [1.54, 1.807) is 0 Å². The lowest BCUT2D eigenvalue weighted by Crippen LogP contribution is -2.24. The van der Waals surface area contributed by atoms with Crippen molar-refractivity contribution >= 4 is 11.7 Å². The number of hydrogen-bond donors (Lipinski definition) is 2. The van der Waals surface area contributed by atoms with Crippen LogP contribution >= 0.6 is 0 Å². The molecule has 1 unspecified atom stereocenters. The Bertz CT molecular complexity index is 506. The third-order valence-corrected chi connectivity index (χ3v) is 2.47. The minimum absolute atomic E-state index is 0.0246. The number of aromatic carboxylic acids is 1. The fourth-order valence-electron chi connectivity index (χ4n) is 1.39. The summed E-state index contributed by atoms with van der Waals surface area (Å²) in [7, 11) is 0. The quantitative estimate of drug-likeness (QED) is 0.811. The van der Waals surface area contributed by atoms with Crippen LogP contribution in [-0.2, 0) is 0 Å². The molecule has 0 aliphatic heterocycles. The van der Waals surface area contributed by atoms with Crippen LogP contribution < -0.4 is 5.32 Å². The highest BCUT2D eigenvalue weighted by molar-refractivity contribution is 5.88. The number of rotatable bonds is 4. The van der Waals surface area contributed by atoms with Gasteiger partial charge in [0, 0.05) is 0 Å². The molecule has 1 aromatic carbocycles. The van der Waals surface area contributed by atoms with Crippen molar-refractivity contribution < 1.29 is 18.7 Å². The normalized spacial score (nSPS) is 12.0. The molecule has 5 heteroatoms. The van der Waals surface area contributed by atoms with Gasteiger partial charge >= 0.3 is 5.97 Å². The van der Waals surface area contributed by atoms with Gasteiger partial charge in [-0.3, -0.25) is 0 Å². The number of anilines is 1. The van der Waals surface area contributed by atoms with E-state index in [0.717, 1.165) is 12.1 Å². The van der Waals surface area contributed by atoms with E-state index in [1.165, 1.54) is 0 Å². The van der Waals surface area contributed by atoms with Crippen LogP contribution in [0.4, 0.5) is 14.5 Å². The molecule has 0 aromatic heterocycles. The number of carbonyl (C=O) groups is 1. The molecular formula is C13H13F2NO2. The van der Waals surface area contributed by atoms with E-state index >= 15 is 0 Å². The lowest BCUT2D eigenvalue weighted by Gasteiger charge is -2.18. The van der Waals surface area contributed by atoms with Crippen LogP contribution in [0.1, 0.15) is 24.2 Å². The van der Waals surface area contributed by atoms with E-state index in [-0.39, 0.29) is 11.6 Å². The number of benzene rings is 1. The number of hydrogen-bond acceptors (Lipinski definition) is 2. The van der Waals surface area contributed by atoms with Gasteiger partial charge in [-0.1, -0.05) is 19.8 Å². The lowest BCUT2D eigenvalue weighted by molar-refractivity contribution is 0.0690. The summed E-state index contributed by atoms with van der Waals surface area (Å²) in [4.78, 5) is 10.6. The molecule has 1 rings (SSSR count). The largest absolute Gasteiger partial charge is 0.478 e. The molecule has 0 saturated carbocycles. The SMILES string of the molecule is C#CC(Nc1ccc(C(=O)O)c(F)c1F)C(C)C. The number of terminal acetylenes is 1. The number of carboxylic acid groups (broad SMARTS) is 1. The molecule has 0 aliphatic rings. The predicted molar refractivity (Wildman–Crippen MR) is 64.4 cm³/mol. The zero-order valence-corrected chi connectivity index (χ0v) is 10.00. The van der Waals surface area contributed by atoms with Crippen molar-refractivity contribution in [1.29, 1.82) is 0 Å². The van der Waals surface area contributed by atoms with Gasteiger partial charge in [0.2, 0.25) is 0 Å². The van der Waals surface area contributed by atoms with Crippen molar-refractivity contribution in [3.63, 3.8) is 0 Å². The smallest absolute Gasteiger partial charge is 0.338 e. The van der Waals surface area contributed by atoms with Gasteiger partial charge in [-0.05, 0) is 18.1 Å². The molecule has 0 saturated heterocycles. The molecule has 0 aliphatic carbocycles. The van der Waals surface area contributed by atoms with E-state index in [1.807, 2.05) is 13.8 Å². The topological polar surface area (TPSA) is 49.3 Å². The molecule has 2 N–H and O–H groups in total. The van der Waals surface area contributed by atoms with Gasteiger partial charge in [0.25, 0.3) is 0 Å². The van der Waals surface area contributed by atoms with Crippen molar-refractivity contribution in [2.24, 2.45) is 5.92 Å². The average molecular weight is 253 g/mol. The van der Waals surface area contributed by atoms with Gasteiger partial charge in [-0.25, -0.2) is 13.6 Å². The minimum Gasteiger partial charge on any atom is -0.478 e. The Kier molecular flexibility index (Phi) is 4.27. The summed E-state index contributed by atoms with van der Waals surface area (Å²) in [6.07, 6.45) is 5.26. The molecule has 18 heavy (non-hydrogen) atoms. The van der Waals surface area contributed by atoms with E-state index in [4.69, 9.17) is 11.5 Å². The molecule has 0 heterocycles. The van der Waals surface area contributed by atoms with Crippen molar-refractivity contribution in [3.8, 4) is 12.3 Å². The maximum absolute atomic E-state index is 13.6. The fourth-order valence-corrected chi connectivity index (χ4v) is 1.39. The Morgan fingerprint density at radius 1 is 1.39 bits per heavy atom. The van der Waals surface area contributed by atoms with Crippen molar-refractivity contribution in [2.75, 3.05) is 5.32 Å². The standard InChI is InChI=1S/C13H13F2NO2/c1-4-9(7(2)3)16-10-6-5-8(13(17)18)11(14)12(10)15/h1,5-7,9,16H,2-3H3,(H,17,18). The zero-order valence-electron chi connectivity index (χ0n) is 10.00. The van der Waals surface area contributed by atoms with Crippen LogP contribution in [-0.4, -0.2) is 17.1 Å². The fraction of sp³-hybridized carbons (Fsp3) is 0.308. The minimum atomic E-state index is -1.52. The van der Waals surface area contributed by atoms with Crippen molar-refractivity contribution in [2.45, 2.75) is 19.9 Å². The number of carboxylic acids is 1. The Hall–Kier alpha value is -2.09. The second-order valence-electron chi connectivity index (χ2n) is 4.13. The molecule has 3 nitrogen and oxygen atoms in total. The van der Waals surface area contributed by atoms with E-state index < -0.39 is 29.2 Å². The summed E-state index contributed by atoms with van der Waals surface area (Å²) >= 11 is 0. The Morgan fingerprint density at radius 3 is 2.44 bits per heavy atom. The van der Waals surface area contributed by atoms with Crippen molar-refractivity contribution in [3.05, 3.63) is 29.3 Å². The summed E-state index contributed by atoms with van der Waals surface area (Å²) in [5, 5.41) is 11.3. The third-order valence-electron chi connectivity index (χ3n) is 2.47. The molecule has 0 fully saturated rings. The van der Waals surface area contributed by atoms with Crippen LogP contribution in [0.5, 0.6) is 0 Å². The highest BCUT2D eigenvalue weighted by Crippen LogP contribution is 2.22. The first-order valence-corrected chi connectivity index (χ1v) is 5.32. The molecule has 1 atom stereocenters. The lowest BCUT2D eigenvalue weighted by atomic mass is 10.0. The van der Waals surface area contributed by atoms with E-state index in [9.17, 15) is 13.6 Å². The zero-order chi connectivity index (χ0) is 13.9. The summed E-state index contributed by atoms with van der Waals surface area (Å²) in [6.45, 7) is 3.66. The maximum atomic E-state index is 13.6. The van der Waals surface area contributed by atoms with Crippen molar-refractivity contribution in [1.82, 2.24) is 0 Å². The first-order valence-electron chi connectivity index (χ1n) is 5.32. The second-order valence-corrected chi connectivity index (χ2v) is 4.13. The van der Waals surface area contributed by atoms with Gasteiger partial charge in [-0.2, -0.15) is 0 Å². The molecular weight excluding hydrogens is 240 g/mol. The van der Waals surface area contributed by atoms with Gasteiger partial charge in [0.05, 0.1) is 17.3 Å². The van der Waals surface area contributed by atoms with Crippen LogP contribution in [0, 0.1) is 29.9 Å². The third kappa shape index (κ3) is 2.77. The number of nitrogens with one attached hydrogen (secondary N) is 1. The van der Waals surface area contributed by atoms with Crippen LogP contribution in [0.15, 0.2) is 12.1 Å². The van der Waals surface area contributed by atoms with Gasteiger partial charge in [-0.15, -0.1) is 6.42 Å². The van der Waals surface area contributed by atoms with E-state index in [2.05, 4.69) is 11.2 Å². The predicted octanol–water partition coefficient (Wildman–Crippen LogP) is 2.73. The summed E-state index contributed by atoms with van der Waals surface area (Å²) < 4.78 is 27.0. The molecule has 0 amide bonds. The first-order chi connectivity index (χ1) is 8.38. The molecule has 0 radical (unpaired) electrons. The summed E-state index contributed by atoms with van der Waals surface area (Å²) in [5.41, 5.74) is -0.853. The Balaban J connectivity index is 3.10. The summed E-state index contributed by atoms with van der Waals surface area (Å²) in [5.74, 6) is -1.71. The Labute approximate surface area is 104 Å². The van der Waals surface area contributed by atoms with Crippen LogP contribution in [0.25, 0.3) is 0 Å². The molecule has 0 bridgehead atoms. The highest BCUT2D eigenvalue weighted by Gasteiger charge is 2.20. The highest BCUT2D eigenvalue weighted by atomic mass is 19.2.